The van der Waals surface area contributed by atoms with Crippen LogP contribution in [0, 0.1) is 25.2 Å². The highest BCUT2D eigenvalue weighted by Crippen LogP contribution is 2.29. The second-order valence-corrected chi connectivity index (χ2v) is 5.51. The second-order valence-electron chi connectivity index (χ2n) is 5.51. The molecule has 0 amide bonds. The maximum atomic E-state index is 11.6. The highest BCUT2D eigenvalue weighted by Gasteiger charge is 2.28. The Kier molecular flexibility index (Phi) is 4.79. The van der Waals surface area contributed by atoms with E-state index in [1.165, 1.54) is 7.11 Å². The van der Waals surface area contributed by atoms with Crippen LogP contribution in [-0.2, 0) is 9.53 Å². The molecule has 0 bridgehead atoms. The van der Waals surface area contributed by atoms with Crippen LogP contribution in [0.3, 0.4) is 0 Å². The van der Waals surface area contributed by atoms with E-state index in [4.69, 9.17) is 4.74 Å². The Balaban J connectivity index is 2.37. The van der Waals surface area contributed by atoms with Crippen molar-refractivity contribution in [3.8, 4) is 6.07 Å². The molecule has 5 heteroatoms. The predicted molar refractivity (Wildman–Crippen MR) is 80.0 cm³/mol. The molecular formula is C16H21N3O2. The van der Waals surface area contributed by atoms with Gasteiger partial charge in [0.15, 0.2) is 0 Å². The summed E-state index contributed by atoms with van der Waals surface area (Å²) in [5, 5.41) is 9.43. The number of pyridine rings is 1. The summed E-state index contributed by atoms with van der Waals surface area (Å²) in [6, 6.07) is 4.24. The van der Waals surface area contributed by atoms with E-state index in [2.05, 4.69) is 16.0 Å². The Hall–Kier alpha value is -2.09. The molecule has 1 aliphatic heterocycles. The van der Waals surface area contributed by atoms with Crippen LogP contribution in [0.15, 0.2) is 6.07 Å². The lowest BCUT2D eigenvalue weighted by Crippen LogP contribution is -2.42. The van der Waals surface area contributed by atoms with Crippen molar-refractivity contribution in [2.75, 3.05) is 18.6 Å². The lowest BCUT2D eigenvalue weighted by molar-refractivity contribution is -0.141. The number of hydrogen-bond donors (Lipinski definition) is 0. The lowest BCUT2D eigenvalue weighted by Gasteiger charge is -2.37. The molecule has 0 N–H and O–H groups in total. The largest absolute Gasteiger partial charge is 0.469 e. The molecule has 1 unspecified atom stereocenters. The number of nitriles is 1. The van der Waals surface area contributed by atoms with Crippen LogP contribution in [0.4, 0.5) is 5.82 Å². The fourth-order valence-corrected chi connectivity index (χ4v) is 2.93. The third-order valence-corrected chi connectivity index (χ3v) is 3.97. The molecular weight excluding hydrogens is 266 g/mol. The van der Waals surface area contributed by atoms with Crippen molar-refractivity contribution < 1.29 is 9.53 Å². The second kappa shape index (κ2) is 6.57. The van der Waals surface area contributed by atoms with Gasteiger partial charge in [-0.2, -0.15) is 5.26 Å². The van der Waals surface area contributed by atoms with Crippen molar-refractivity contribution in [1.82, 2.24) is 4.98 Å². The number of anilines is 1. The summed E-state index contributed by atoms with van der Waals surface area (Å²) in [6.45, 7) is 4.68. The fraction of sp³-hybridized carbons (Fsp3) is 0.562. The van der Waals surface area contributed by atoms with Gasteiger partial charge in [0.05, 0.1) is 19.1 Å². The smallest absolute Gasteiger partial charge is 0.307 e. The van der Waals surface area contributed by atoms with Gasteiger partial charge in [0.2, 0.25) is 0 Å². The number of carbonyl (C=O) groups excluding carboxylic acids is 1. The first-order valence-electron chi connectivity index (χ1n) is 7.28. The monoisotopic (exact) mass is 287 g/mol. The van der Waals surface area contributed by atoms with E-state index in [0.29, 0.717) is 17.8 Å². The molecule has 0 aromatic carbocycles. The minimum atomic E-state index is -0.213. The van der Waals surface area contributed by atoms with E-state index in [0.717, 1.165) is 37.1 Å². The molecule has 2 heterocycles. The lowest BCUT2D eigenvalue weighted by atomic mass is 9.98. The fourth-order valence-electron chi connectivity index (χ4n) is 2.93. The number of methoxy groups -OCH3 is 1. The van der Waals surface area contributed by atoms with Gasteiger partial charge in [0, 0.05) is 18.3 Å². The van der Waals surface area contributed by atoms with Crippen LogP contribution >= 0.6 is 0 Å². The van der Waals surface area contributed by atoms with E-state index in [1.54, 1.807) is 0 Å². The summed E-state index contributed by atoms with van der Waals surface area (Å²) in [5.41, 5.74) is 2.43. The first-order chi connectivity index (χ1) is 10.1. The zero-order valence-electron chi connectivity index (χ0n) is 12.8. The van der Waals surface area contributed by atoms with E-state index in [-0.39, 0.29) is 12.0 Å². The van der Waals surface area contributed by atoms with Crippen LogP contribution < -0.4 is 4.90 Å². The van der Waals surface area contributed by atoms with E-state index >= 15 is 0 Å². The predicted octanol–water partition coefficient (Wildman–Crippen LogP) is 2.49. The Bertz CT molecular complexity index is 578. The summed E-state index contributed by atoms with van der Waals surface area (Å²) in [4.78, 5) is 18.3. The van der Waals surface area contributed by atoms with Crippen LogP contribution in [0.1, 0.15) is 42.5 Å². The highest BCUT2D eigenvalue weighted by atomic mass is 16.5. The maximum absolute atomic E-state index is 11.6. The average molecular weight is 287 g/mol. The molecule has 1 saturated heterocycles. The number of piperidine rings is 1. The number of ether oxygens (including phenoxy) is 1. The van der Waals surface area contributed by atoms with Crippen molar-refractivity contribution in [3.63, 3.8) is 0 Å². The number of aromatic nitrogens is 1. The standard InChI is InChI=1S/C16H21N3O2/c1-11-8-12(2)18-16(14(11)10-17)19-7-5-4-6-13(19)9-15(20)21-3/h8,13H,4-7,9H2,1-3H3. The molecule has 1 aliphatic rings. The van der Waals surface area contributed by atoms with Gasteiger partial charge in [0.25, 0.3) is 0 Å². The van der Waals surface area contributed by atoms with Crippen LogP contribution in [-0.4, -0.2) is 30.6 Å². The molecule has 21 heavy (non-hydrogen) atoms. The molecule has 1 atom stereocenters. The molecule has 0 aliphatic carbocycles. The van der Waals surface area contributed by atoms with Gasteiger partial charge >= 0.3 is 5.97 Å². The number of aryl methyl sites for hydroxylation is 2. The van der Waals surface area contributed by atoms with Gasteiger partial charge in [-0.25, -0.2) is 4.98 Å². The molecule has 0 radical (unpaired) electrons. The minimum absolute atomic E-state index is 0.0620. The third-order valence-electron chi connectivity index (χ3n) is 3.97. The number of hydrogen-bond acceptors (Lipinski definition) is 5. The maximum Gasteiger partial charge on any atom is 0.307 e. The number of carbonyl (C=O) groups is 1. The first-order valence-corrected chi connectivity index (χ1v) is 7.28. The minimum Gasteiger partial charge on any atom is -0.469 e. The Morgan fingerprint density at radius 2 is 2.29 bits per heavy atom. The molecule has 5 nitrogen and oxygen atoms in total. The topological polar surface area (TPSA) is 66.2 Å². The van der Waals surface area contributed by atoms with E-state index in [9.17, 15) is 10.1 Å². The van der Waals surface area contributed by atoms with Gasteiger partial charge in [0.1, 0.15) is 11.9 Å². The first kappa shape index (κ1) is 15.3. The Morgan fingerprint density at radius 1 is 1.52 bits per heavy atom. The van der Waals surface area contributed by atoms with Gasteiger partial charge in [-0.05, 0) is 44.7 Å². The summed E-state index contributed by atoms with van der Waals surface area (Å²) in [5.74, 6) is 0.499. The molecule has 1 aromatic heterocycles. The summed E-state index contributed by atoms with van der Waals surface area (Å²) in [7, 11) is 1.41. The Labute approximate surface area is 125 Å². The highest BCUT2D eigenvalue weighted by molar-refractivity contribution is 5.71. The summed E-state index contributed by atoms with van der Waals surface area (Å²) >= 11 is 0. The average Bonchev–Trinajstić information content (AvgIpc) is 2.47. The van der Waals surface area contributed by atoms with Crippen molar-refractivity contribution in [3.05, 3.63) is 22.9 Å². The SMILES string of the molecule is COC(=O)CC1CCCCN1c1nc(C)cc(C)c1C#N. The summed E-state index contributed by atoms with van der Waals surface area (Å²) in [6.07, 6.45) is 3.41. The van der Waals surface area contributed by atoms with Crippen molar-refractivity contribution in [2.45, 2.75) is 45.6 Å². The van der Waals surface area contributed by atoms with E-state index < -0.39 is 0 Å². The normalized spacial score (nSPS) is 18.2. The van der Waals surface area contributed by atoms with Crippen LogP contribution in [0.25, 0.3) is 0 Å². The zero-order valence-corrected chi connectivity index (χ0v) is 12.8. The third kappa shape index (κ3) is 3.33. The van der Waals surface area contributed by atoms with Gasteiger partial charge < -0.3 is 9.64 Å². The number of rotatable bonds is 3. The molecule has 0 saturated carbocycles. The van der Waals surface area contributed by atoms with Crippen molar-refractivity contribution in [1.29, 1.82) is 5.26 Å². The quantitative estimate of drug-likeness (QED) is 0.799. The molecule has 1 fully saturated rings. The number of esters is 1. The van der Waals surface area contributed by atoms with E-state index in [1.807, 2.05) is 19.9 Å². The molecule has 2 rings (SSSR count). The molecule has 112 valence electrons. The molecule has 0 spiro atoms. The number of nitrogens with zero attached hydrogens (tertiary/aromatic N) is 3. The van der Waals surface area contributed by atoms with Gasteiger partial charge in [-0.1, -0.05) is 0 Å². The summed E-state index contributed by atoms with van der Waals surface area (Å²) < 4.78 is 4.79. The van der Waals surface area contributed by atoms with Crippen LogP contribution in [0.5, 0.6) is 0 Å². The Morgan fingerprint density at radius 3 is 2.95 bits per heavy atom. The van der Waals surface area contributed by atoms with Crippen LogP contribution in [0.2, 0.25) is 0 Å². The molecule has 1 aromatic rings. The van der Waals surface area contributed by atoms with Gasteiger partial charge in [-0.3, -0.25) is 4.79 Å². The van der Waals surface area contributed by atoms with Crippen molar-refractivity contribution >= 4 is 11.8 Å². The van der Waals surface area contributed by atoms with Crippen molar-refractivity contribution in [2.24, 2.45) is 0 Å². The zero-order chi connectivity index (χ0) is 15.4. The van der Waals surface area contributed by atoms with Gasteiger partial charge in [-0.15, -0.1) is 0 Å².